The van der Waals surface area contributed by atoms with Crippen molar-refractivity contribution in [3.63, 3.8) is 0 Å². The highest BCUT2D eigenvalue weighted by Crippen LogP contribution is 2.13. The van der Waals surface area contributed by atoms with Crippen LogP contribution < -0.4 is 15.9 Å². The quantitative estimate of drug-likeness (QED) is 0.847. The van der Waals surface area contributed by atoms with E-state index in [4.69, 9.17) is 0 Å². The predicted molar refractivity (Wildman–Crippen MR) is 73.4 cm³/mol. The SMILES string of the molecule is CNc1cncc(-c2cn(C)c3c2=CCCC=3)n1. The minimum absolute atomic E-state index is 0.796. The summed E-state index contributed by atoms with van der Waals surface area (Å²) < 4.78 is 2.16. The van der Waals surface area contributed by atoms with E-state index >= 15 is 0 Å². The third kappa shape index (κ3) is 1.70. The van der Waals surface area contributed by atoms with Crippen molar-refractivity contribution in [1.82, 2.24) is 14.5 Å². The number of anilines is 1. The zero-order chi connectivity index (χ0) is 12.5. The van der Waals surface area contributed by atoms with Gasteiger partial charge in [0.25, 0.3) is 0 Å². The fourth-order valence-electron chi connectivity index (χ4n) is 2.40. The molecule has 2 aromatic rings. The van der Waals surface area contributed by atoms with Gasteiger partial charge in [0.2, 0.25) is 0 Å². The minimum atomic E-state index is 0.796. The summed E-state index contributed by atoms with van der Waals surface area (Å²) in [7, 11) is 3.93. The maximum atomic E-state index is 4.56. The number of aromatic nitrogens is 3. The third-order valence-electron chi connectivity index (χ3n) is 3.29. The molecule has 0 aromatic carbocycles. The fourth-order valence-corrected chi connectivity index (χ4v) is 2.40. The number of fused-ring (bicyclic) bond motifs is 1. The van der Waals surface area contributed by atoms with Gasteiger partial charge in [0.15, 0.2) is 0 Å². The molecular weight excluding hydrogens is 224 g/mol. The fraction of sp³-hybridized carbons (Fsp3) is 0.286. The number of nitrogens with one attached hydrogen (secondary N) is 1. The molecule has 1 aliphatic carbocycles. The largest absolute Gasteiger partial charge is 0.372 e. The molecule has 1 aliphatic rings. The molecular formula is C14H16N4. The van der Waals surface area contributed by atoms with Crippen molar-refractivity contribution in [2.45, 2.75) is 12.8 Å². The first kappa shape index (κ1) is 11.0. The third-order valence-corrected chi connectivity index (χ3v) is 3.29. The first-order valence-corrected chi connectivity index (χ1v) is 6.15. The molecule has 1 N–H and O–H groups in total. The predicted octanol–water partition coefficient (Wildman–Crippen LogP) is 0.879. The Bertz CT molecular complexity index is 697. The van der Waals surface area contributed by atoms with Gasteiger partial charge in [0.05, 0.1) is 18.1 Å². The summed E-state index contributed by atoms with van der Waals surface area (Å²) in [6.07, 6.45) is 12.5. The van der Waals surface area contributed by atoms with Gasteiger partial charge in [0, 0.05) is 36.4 Å². The van der Waals surface area contributed by atoms with Crippen molar-refractivity contribution in [1.29, 1.82) is 0 Å². The molecule has 0 saturated heterocycles. The molecule has 0 atom stereocenters. The van der Waals surface area contributed by atoms with Crippen molar-refractivity contribution < 1.29 is 0 Å². The summed E-state index contributed by atoms with van der Waals surface area (Å²) in [6.45, 7) is 0. The van der Waals surface area contributed by atoms with Gasteiger partial charge in [-0.25, -0.2) is 4.98 Å². The Balaban J connectivity index is 2.24. The van der Waals surface area contributed by atoms with Crippen molar-refractivity contribution in [2.24, 2.45) is 7.05 Å². The molecule has 0 spiro atoms. The van der Waals surface area contributed by atoms with Gasteiger partial charge >= 0.3 is 0 Å². The summed E-state index contributed by atoms with van der Waals surface area (Å²) in [4.78, 5) is 8.79. The molecule has 0 amide bonds. The molecule has 0 radical (unpaired) electrons. The normalized spacial score (nSPS) is 13.4. The summed E-state index contributed by atoms with van der Waals surface area (Å²) in [5, 5.41) is 5.59. The number of rotatable bonds is 2. The van der Waals surface area contributed by atoms with E-state index in [9.17, 15) is 0 Å². The Morgan fingerprint density at radius 3 is 2.89 bits per heavy atom. The number of hydrogen-bond acceptors (Lipinski definition) is 3. The molecule has 0 fully saturated rings. The second kappa shape index (κ2) is 4.29. The zero-order valence-electron chi connectivity index (χ0n) is 10.6. The van der Waals surface area contributed by atoms with Gasteiger partial charge in [-0.05, 0) is 12.8 Å². The molecule has 92 valence electrons. The molecule has 4 nitrogen and oxygen atoms in total. The molecule has 2 heterocycles. The highest BCUT2D eigenvalue weighted by Gasteiger charge is 2.09. The van der Waals surface area contributed by atoms with E-state index in [0.717, 1.165) is 29.9 Å². The van der Waals surface area contributed by atoms with Gasteiger partial charge in [-0.3, -0.25) is 4.98 Å². The summed E-state index contributed by atoms with van der Waals surface area (Å²) >= 11 is 0. The second-order valence-corrected chi connectivity index (χ2v) is 4.48. The van der Waals surface area contributed by atoms with E-state index in [1.165, 1.54) is 10.6 Å². The van der Waals surface area contributed by atoms with Gasteiger partial charge in [-0.15, -0.1) is 0 Å². The summed E-state index contributed by atoms with van der Waals surface area (Å²) in [5.41, 5.74) is 2.08. The number of hydrogen-bond donors (Lipinski definition) is 1. The first-order chi connectivity index (χ1) is 8.79. The van der Waals surface area contributed by atoms with E-state index in [0.29, 0.717) is 0 Å². The van der Waals surface area contributed by atoms with Crippen LogP contribution in [0.3, 0.4) is 0 Å². The lowest BCUT2D eigenvalue weighted by Crippen LogP contribution is -2.30. The molecule has 3 rings (SSSR count). The molecule has 0 saturated carbocycles. The lowest BCUT2D eigenvalue weighted by molar-refractivity contribution is 0.877. The Hall–Kier alpha value is -2.10. The molecule has 18 heavy (non-hydrogen) atoms. The average molecular weight is 240 g/mol. The van der Waals surface area contributed by atoms with E-state index in [1.54, 1.807) is 6.20 Å². The average Bonchev–Trinajstić information content (AvgIpc) is 2.77. The van der Waals surface area contributed by atoms with Crippen LogP contribution in [-0.2, 0) is 7.05 Å². The van der Waals surface area contributed by atoms with E-state index in [-0.39, 0.29) is 0 Å². The standard InChI is InChI=1S/C14H16N4/c1-15-14-8-16-7-12(17-14)11-9-18(2)13-6-4-3-5-10(11)13/h5-9H,3-4H2,1-2H3,(H,15,17). The highest BCUT2D eigenvalue weighted by molar-refractivity contribution is 5.63. The maximum Gasteiger partial charge on any atom is 0.144 e. The van der Waals surface area contributed by atoms with Crippen LogP contribution in [-0.4, -0.2) is 21.6 Å². The van der Waals surface area contributed by atoms with Crippen LogP contribution in [0.25, 0.3) is 23.4 Å². The maximum absolute atomic E-state index is 4.56. The van der Waals surface area contributed by atoms with Crippen molar-refractivity contribution in [3.8, 4) is 11.3 Å². The Morgan fingerprint density at radius 2 is 2.06 bits per heavy atom. The summed E-state index contributed by atoms with van der Waals surface area (Å²) in [5.74, 6) is 0.796. The van der Waals surface area contributed by atoms with Gasteiger partial charge in [0.1, 0.15) is 5.82 Å². The van der Waals surface area contributed by atoms with Crippen molar-refractivity contribution >= 4 is 18.0 Å². The van der Waals surface area contributed by atoms with Crippen LogP contribution in [0.15, 0.2) is 18.6 Å². The minimum Gasteiger partial charge on any atom is -0.372 e. The lowest BCUT2D eigenvalue weighted by Gasteiger charge is -2.02. The number of aryl methyl sites for hydroxylation is 1. The molecule has 0 unspecified atom stereocenters. The molecule has 0 bridgehead atoms. The molecule has 4 heteroatoms. The molecule has 2 aromatic heterocycles. The zero-order valence-corrected chi connectivity index (χ0v) is 10.6. The van der Waals surface area contributed by atoms with E-state index in [2.05, 4.69) is 45.2 Å². The summed E-state index contributed by atoms with van der Waals surface area (Å²) in [6, 6.07) is 0. The topological polar surface area (TPSA) is 42.7 Å². The first-order valence-electron chi connectivity index (χ1n) is 6.15. The van der Waals surface area contributed by atoms with Gasteiger partial charge < -0.3 is 9.88 Å². The van der Waals surface area contributed by atoms with Crippen LogP contribution in [0, 0.1) is 0 Å². The van der Waals surface area contributed by atoms with Gasteiger partial charge in [-0.1, -0.05) is 12.2 Å². The van der Waals surface area contributed by atoms with Crippen LogP contribution in [0.4, 0.5) is 5.82 Å². The number of nitrogens with zero attached hydrogens (tertiary/aromatic N) is 3. The molecule has 0 aliphatic heterocycles. The van der Waals surface area contributed by atoms with Gasteiger partial charge in [-0.2, -0.15) is 0 Å². The van der Waals surface area contributed by atoms with Crippen molar-refractivity contribution in [3.05, 3.63) is 29.2 Å². The van der Waals surface area contributed by atoms with E-state index < -0.39 is 0 Å². The van der Waals surface area contributed by atoms with Crippen LogP contribution in [0.5, 0.6) is 0 Å². The Kier molecular flexibility index (Phi) is 2.63. The highest BCUT2D eigenvalue weighted by atomic mass is 15.0. The van der Waals surface area contributed by atoms with Crippen molar-refractivity contribution in [2.75, 3.05) is 12.4 Å². The lowest BCUT2D eigenvalue weighted by atomic mass is 10.1. The Labute approximate surface area is 106 Å². The monoisotopic (exact) mass is 240 g/mol. The van der Waals surface area contributed by atoms with Crippen LogP contribution in [0.2, 0.25) is 0 Å². The second-order valence-electron chi connectivity index (χ2n) is 4.48. The van der Waals surface area contributed by atoms with E-state index in [1.807, 2.05) is 13.2 Å². The van der Waals surface area contributed by atoms with Crippen LogP contribution >= 0.6 is 0 Å². The smallest absolute Gasteiger partial charge is 0.144 e. The Morgan fingerprint density at radius 1 is 1.22 bits per heavy atom. The van der Waals surface area contributed by atoms with Crippen LogP contribution in [0.1, 0.15) is 12.8 Å².